The number of carbonyl (C=O) groups is 1. The molecule has 2 aromatic rings. The van der Waals surface area contributed by atoms with Crippen molar-refractivity contribution in [3.8, 4) is 0 Å². The van der Waals surface area contributed by atoms with Crippen LogP contribution in [0.25, 0.3) is 0 Å². The summed E-state index contributed by atoms with van der Waals surface area (Å²) in [6.07, 6.45) is 5.76. The average molecular weight is 576 g/mol. The average Bonchev–Trinajstić information content (AvgIpc) is 3.05. The van der Waals surface area contributed by atoms with Crippen LogP contribution in [-0.4, -0.2) is 67.5 Å². The van der Waals surface area contributed by atoms with E-state index < -0.39 is 0 Å². The van der Waals surface area contributed by atoms with Gasteiger partial charge in [-0.2, -0.15) is 0 Å². The topological polar surface area (TPSA) is 60.0 Å². The molecule has 2 heterocycles. The van der Waals surface area contributed by atoms with E-state index in [1.165, 1.54) is 31.2 Å². The maximum absolute atomic E-state index is 12.2. The van der Waals surface area contributed by atoms with Crippen LogP contribution < -0.4 is 10.6 Å². The quantitative estimate of drug-likeness (QED) is 0.299. The number of nitrogens with zero attached hydrogens (tertiary/aromatic N) is 3. The molecule has 0 aromatic heterocycles. The zero-order valence-corrected chi connectivity index (χ0v) is 22.9. The maximum atomic E-state index is 12.2. The number of fused-ring (bicyclic) bond motifs is 2. The van der Waals surface area contributed by atoms with Crippen molar-refractivity contribution in [2.75, 3.05) is 27.7 Å². The predicted octanol–water partition coefficient (Wildman–Crippen LogP) is 3.91. The van der Waals surface area contributed by atoms with Crippen molar-refractivity contribution in [1.82, 2.24) is 20.4 Å². The molecule has 0 radical (unpaired) electrons. The number of hydrogen-bond acceptors (Lipinski definition) is 3. The summed E-state index contributed by atoms with van der Waals surface area (Å²) in [6, 6.07) is 20.5. The van der Waals surface area contributed by atoms with E-state index in [4.69, 9.17) is 0 Å². The summed E-state index contributed by atoms with van der Waals surface area (Å²) in [5.41, 5.74) is 3.30. The molecule has 7 heteroatoms. The predicted molar refractivity (Wildman–Crippen MR) is 150 cm³/mol. The van der Waals surface area contributed by atoms with E-state index in [0.717, 1.165) is 36.6 Å². The van der Waals surface area contributed by atoms with Crippen molar-refractivity contribution in [2.45, 2.75) is 56.8 Å². The molecule has 2 aromatic carbocycles. The smallest absolute Gasteiger partial charge is 0.253 e. The van der Waals surface area contributed by atoms with E-state index in [1.54, 1.807) is 19.0 Å². The molecule has 2 aliphatic heterocycles. The molecule has 6 nitrogen and oxygen atoms in total. The van der Waals surface area contributed by atoms with Gasteiger partial charge in [0.1, 0.15) is 0 Å². The van der Waals surface area contributed by atoms with Crippen molar-refractivity contribution in [3.05, 3.63) is 71.3 Å². The molecule has 2 N–H and O–H groups in total. The number of carbonyl (C=O) groups excluding carboxylic acids is 1. The number of aliphatic imine (C=N–C) groups is 1. The van der Waals surface area contributed by atoms with Gasteiger partial charge < -0.3 is 15.5 Å². The Bertz CT molecular complexity index is 951. The van der Waals surface area contributed by atoms with Crippen LogP contribution in [0.1, 0.15) is 47.2 Å². The second kappa shape index (κ2) is 12.5. The zero-order valence-electron chi connectivity index (χ0n) is 20.5. The fourth-order valence-corrected chi connectivity index (χ4v) is 5.28. The summed E-state index contributed by atoms with van der Waals surface area (Å²) in [6.45, 7) is 1.84. The molecular weight excluding hydrogens is 537 g/mol. The molecule has 0 saturated carbocycles. The summed E-state index contributed by atoms with van der Waals surface area (Å²) in [5, 5.41) is 7.14. The minimum absolute atomic E-state index is 0. The third-order valence-electron chi connectivity index (χ3n) is 6.94. The van der Waals surface area contributed by atoms with E-state index >= 15 is 0 Å². The Kier molecular flexibility index (Phi) is 9.76. The van der Waals surface area contributed by atoms with Gasteiger partial charge in [0.05, 0.1) is 0 Å². The lowest BCUT2D eigenvalue weighted by atomic mass is 9.96. The molecule has 2 aliphatic rings. The van der Waals surface area contributed by atoms with Crippen LogP contribution >= 0.6 is 24.0 Å². The Labute approximate surface area is 221 Å². The summed E-state index contributed by atoms with van der Waals surface area (Å²) in [5.74, 6) is 0.909. The first-order chi connectivity index (χ1) is 16.0. The van der Waals surface area contributed by atoms with Crippen molar-refractivity contribution >= 4 is 35.8 Å². The van der Waals surface area contributed by atoms with Gasteiger partial charge in [-0.25, -0.2) is 0 Å². The molecule has 2 saturated heterocycles. The first-order valence-electron chi connectivity index (χ1n) is 12.1. The summed E-state index contributed by atoms with van der Waals surface area (Å²) in [4.78, 5) is 21.0. The molecule has 2 fully saturated rings. The van der Waals surface area contributed by atoms with E-state index in [0.29, 0.717) is 18.1 Å². The fraction of sp³-hybridized carbons (Fsp3) is 0.481. The van der Waals surface area contributed by atoms with Gasteiger partial charge in [0.2, 0.25) is 0 Å². The number of hydrogen-bond donors (Lipinski definition) is 2. The van der Waals surface area contributed by atoms with Gasteiger partial charge in [-0.1, -0.05) is 42.5 Å². The molecule has 1 amide bonds. The van der Waals surface area contributed by atoms with Gasteiger partial charge in [-0.3, -0.25) is 14.7 Å². The highest BCUT2D eigenvalue weighted by molar-refractivity contribution is 14.0. The van der Waals surface area contributed by atoms with Crippen molar-refractivity contribution in [3.63, 3.8) is 0 Å². The van der Waals surface area contributed by atoms with E-state index in [9.17, 15) is 4.79 Å². The lowest BCUT2D eigenvalue weighted by molar-refractivity contribution is 0.0827. The van der Waals surface area contributed by atoms with Crippen LogP contribution in [-0.2, 0) is 13.0 Å². The van der Waals surface area contributed by atoms with Gasteiger partial charge in [0, 0.05) is 57.9 Å². The Morgan fingerprint density at radius 3 is 2.35 bits per heavy atom. The number of guanidine groups is 1. The van der Waals surface area contributed by atoms with Gasteiger partial charge in [0.25, 0.3) is 5.91 Å². The van der Waals surface area contributed by atoms with Crippen molar-refractivity contribution in [2.24, 2.45) is 4.99 Å². The number of benzene rings is 2. The summed E-state index contributed by atoms with van der Waals surface area (Å²) >= 11 is 0. The fourth-order valence-electron chi connectivity index (χ4n) is 5.28. The van der Waals surface area contributed by atoms with Crippen LogP contribution in [0.5, 0.6) is 0 Å². The van der Waals surface area contributed by atoms with Gasteiger partial charge in [0.15, 0.2) is 5.96 Å². The van der Waals surface area contributed by atoms with Gasteiger partial charge in [-0.15, -0.1) is 24.0 Å². The van der Waals surface area contributed by atoms with Gasteiger partial charge in [-0.05, 0) is 55.4 Å². The van der Waals surface area contributed by atoms with Gasteiger partial charge >= 0.3 is 0 Å². The number of amides is 1. The Hall–Kier alpha value is -2.13. The van der Waals surface area contributed by atoms with Crippen molar-refractivity contribution in [1.29, 1.82) is 0 Å². The first-order valence-corrected chi connectivity index (χ1v) is 12.1. The Morgan fingerprint density at radius 1 is 1.03 bits per heavy atom. The second-order valence-corrected chi connectivity index (χ2v) is 9.50. The number of nitrogens with one attached hydrogen (secondary N) is 2. The van der Waals surface area contributed by atoms with E-state index in [-0.39, 0.29) is 29.9 Å². The zero-order chi connectivity index (χ0) is 23.2. The van der Waals surface area contributed by atoms with Crippen LogP contribution in [0.15, 0.2) is 59.6 Å². The van der Waals surface area contributed by atoms with Crippen molar-refractivity contribution < 1.29 is 4.79 Å². The van der Waals surface area contributed by atoms with Crippen LogP contribution in [0.2, 0.25) is 0 Å². The highest BCUT2D eigenvalue weighted by Crippen LogP contribution is 2.36. The third-order valence-corrected chi connectivity index (χ3v) is 6.94. The molecule has 184 valence electrons. The second-order valence-electron chi connectivity index (χ2n) is 9.50. The van der Waals surface area contributed by atoms with Crippen LogP contribution in [0.4, 0.5) is 0 Å². The molecule has 2 atom stereocenters. The highest BCUT2D eigenvalue weighted by Gasteiger charge is 2.40. The molecular formula is C27H38IN5O. The number of halogens is 1. The minimum Gasteiger partial charge on any atom is -0.356 e. The van der Waals surface area contributed by atoms with E-state index in [2.05, 4.69) is 56.9 Å². The maximum Gasteiger partial charge on any atom is 0.253 e. The monoisotopic (exact) mass is 575 g/mol. The lowest BCUT2D eigenvalue weighted by Crippen LogP contribution is -2.52. The number of piperidine rings is 1. The standard InChI is InChI=1S/C27H37N5O.HI/c1-28-27(29-15-14-20-10-7-11-22(16-20)26(33)31(2)3)30-23-17-24-12-13-25(18-23)32(24)19-21-8-5-4-6-9-21;/h4-11,16,23-25H,12-15,17-19H2,1-3H3,(H2,28,29,30);1H. The molecule has 0 aliphatic carbocycles. The Morgan fingerprint density at radius 2 is 1.71 bits per heavy atom. The largest absolute Gasteiger partial charge is 0.356 e. The summed E-state index contributed by atoms with van der Waals surface area (Å²) < 4.78 is 0. The SMILES string of the molecule is CN=C(NCCc1cccc(C(=O)N(C)C)c1)NC1CC2CCC(C1)N2Cc1ccccc1.I. The minimum atomic E-state index is 0. The summed E-state index contributed by atoms with van der Waals surface area (Å²) in [7, 11) is 5.40. The Balaban J connectivity index is 0.00000324. The first kappa shape index (κ1) is 26.5. The normalized spacial score (nSPS) is 22.1. The van der Waals surface area contributed by atoms with Crippen LogP contribution in [0, 0.1) is 0 Å². The molecule has 0 spiro atoms. The third kappa shape index (κ3) is 6.72. The number of rotatable bonds is 7. The van der Waals surface area contributed by atoms with Crippen LogP contribution in [0.3, 0.4) is 0 Å². The molecule has 2 bridgehead atoms. The molecule has 34 heavy (non-hydrogen) atoms. The molecule has 4 rings (SSSR count). The highest BCUT2D eigenvalue weighted by atomic mass is 127. The lowest BCUT2D eigenvalue weighted by Gasteiger charge is -2.39. The molecule has 2 unspecified atom stereocenters. The van der Waals surface area contributed by atoms with E-state index in [1.807, 2.05) is 25.2 Å².